The Bertz CT molecular complexity index is 366. The Hall–Kier alpha value is -0.800. The Kier molecular flexibility index (Phi) is 3.89. The molecule has 3 nitrogen and oxygen atoms in total. The van der Waals surface area contributed by atoms with Crippen LogP contribution in [0.25, 0.3) is 0 Å². The van der Waals surface area contributed by atoms with Crippen LogP contribution < -0.4 is 5.32 Å². The lowest BCUT2D eigenvalue weighted by Gasteiger charge is -2.24. The first-order valence-corrected chi connectivity index (χ1v) is 6.52. The van der Waals surface area contributed by atoms with Gasteiger partial charge in [0.15, 0.2) is 0 Å². The number of ether oxygens (including phenoxy) is 1. The van der Waals surface area contributed by atoms with E-state index >= 15 is 0 Å². The molecule has 0 aliphatic carbocycles. The zero-order chi connectivity index (χ0) is 12.4. The summed E-state index contributed by atoms with van der Waals surface area (Å²) in [5.74, 6) is 2.00. The molecule has 96 valence electrons. The van der Waals surface area contributed by atoms with Gasteiger partial charge in [-0.15, -0.1) is 0 Å². The van der Waals surface area contributed by atoms with E-state index in [-0.39, 0.29) is 0 Å². The third-order valence-corrected chi connectivity index (χ3v) is 3.58. The van der Waals surface area contributed by atoms with Crippen LogP contribution in [0.4, 0.5) is 0 Å². The fourth-order valence-electron chi connectivity index (χ4n) is 2.67. The largest absolute Gasteiger partial charge is 0.466 e. The minimum absolute atomic E-state index is 0.312. The summed E-state index contributed by atoms with van der Waals surface area (Å²) in [5, 5.41) is 3.61. The van der Waals surface area contributed by atoms with Crippen molar-refractivity contribution >= 4 is 0 Å². The third-order valence-electron chi connectivity index (χ3n) is 3.58. The Morgan fingerprint density at radius 1 is 1.35 bits per heavy atom. The Balaban J connectivity index is 1.96. The predicted molar refractivity (Wildman–Crippen MR) is 68.2 cm³/mol. The van der Waals surface area contributed by atoms with Gasteiger partial charge in [0, 0.05) is 24.3 Å². The van der Waals surface area contributed by atoms with Crippen LogP contribution >= 0.6 is 0 Å². The number of nitrogens with one attached hydrogen (secondary N) is 1. The van der Waals surface area contributed by atoms with Gasteiger partial charge in [-0.2, -0.15) is 0 Å². The molecule has 2 heterocycles. The lowest BCUT2D eigenvalue weighted by molar-refractivity contribution is 0.0803. The topological polar surface area (TPSA) is 34.4 Å². The fraction of sp³-hybridized carbons (Fsp3) is 0.714. The summed E-state index contributed by atoms with van der Waals surface area (Å²) < 4.78 is 11.3. The Morgan fingerprint density at radius 2 is 2.12 bits per heavy atom. The van der Waals surface area contributed by atoms with Gasteiger partial charge in [-0.1, -0.05) is 0 Å². The lowest BCUT2D eigenvalue weighted by Crippen LogP contribution is -2.38. The summed E-state index contributed by atoms with van der Waals surface area (Å²) in [4.78, 5) is 0. The minimum Gasteiger partial charge on any atom is -0.466 e. The Morgan fingerprint density at radius 3 is 2.65 bits per heavy atom. The van der Waals surface area contributed by atoms with Crippen LogP contribution in [0.3, 0.4) is 0 Å². The molecular formula is C14H23NO2. The van der Waals surface area contributed by atoms with E-state index in [1.165, 1.54) is 18.4 Å². The maximum Gasteiger partial charge on any atom is 0.105 e. The molecule has 3 atom stereocenters. The highest BCUT2D eigenvalue weighted by Crippen LogP contribution is 2.23. The van der Waals surface area contributed by atoms with Crippen LogP contribution in [-0.4, -0.2) is 18.8 Å². The highest BCUT2D eigenvalue weighted by molar-refractivity contribution is 5.23. The van der Waals surface area contributed by atoms with Crippen molar-refractivity contribution in [3.8, 4) is 0 Å². The Labute approximate surface area is 104 Å². The number of rotatable bonds is 4. The van der Waals surface area contributed by atoms with Gasteiger partial charge in [0.2, 0.25) is 0 Å². The van der Waals surface area contributed by atoms with Gasteiger partial charge >= 0.3 is 0 Å². The second-order valence-corrected chi connectivity index (χ2v) is 5.10. The van der Waals surface area contributed by atoms with E-state index in [4.69, 9.17) is 9.15 Å². The molecule has 3 unspecified atom stereocenters. The monoisotopic (exact) mass is 237 g/mol. The van der Waals surface area contributed by atoms with E-state index in [9.17, 15) is 0 Å². The van der Waals surface area contributed by atoms with Gasteiger partial charge in [-0.3, -0.25) is 0 Å². The normalized spacial score (nSPS) is 23.9. The van der Waals surface area contributed by atoms with E-state index in [1.54, 1.807) is 0 Å². The predicted octanol–water partition coefficient (Wildman–Crippen LogP) is 3.11. The molecule has 0 amide bonds. The van der Waals surface area contributed by atoms with E-state index in [2.05, 4.69) is 25.2 Å². The first kappa shape index (κ1) is 12.7. The summed E-state index contributed by atoms with van der Waals surface area (Å²) in [6, 6.07) is 2.82. The van der Waals surface area contributed by atoms with Gasteiger partial charge in [0.25, 0.3) is 0 Å². The molecule has 1 aliphatic rings. The molecule has 1 saturated heterocycles. The van der Waals surface area contributed by atoms with E-state index in [1.807, 2.05) is 13.8 Å². The molecule has 0 radical (unpaired) electrons. The molecular weight excluding hydrogens is 214 g/mol. The van der Waals surface area contributed by atoms with Crippen molar-refractivity contribution in [2.24, 2.45) is 0 Å². The van der Waals surface area contributed by atoms with Crippen molar-refractivity contribution in [2.45, 2.75) is 58.7 Å². The van der Waals surface area contributed by atoms with Crippen LogP contribution in [0.5, 0.6) is 0 Å². The first-order chi connectivity index (χ1) is 8.08. The zero-order valence-corrected chi connectivity index (χ0v) is 11.2. The number of hydrogen-bond donors (Lipinski definition) is 1. The minimum atomic E-state index is 0.312. The van der Waals surface area contributed by atoms with Crippen molar-refractivity contribution in [3.63, 3.8) is 0 Å². The quantitative estimate of drug-likeness (QED) is 0.873. The van der Waals surface area contributed by atoms with Gasteiger partial charge in [-0.05, 0) is 46.6 Å². The summed E-state index contributed by atoms with van der Waals surface area (Å²) in [5.41, 5.74) is 1.26. The maximum absolute atomic E-state index is 5.70. The van der Waals surface area contributed by atoms with Gasteiger partial charge in [0.05, 0.1) is 6.10 Å². The summed E-state index contributed by atoms with van der Waals surface area (Å²) >= 11 is 0. The molecule has 0 bridgehead atoms. The average Bonchev–Trinajstić information content (AvgIpc) is 2.87. The van der Waals surface area contributed by atoms with Crippen LogP contribution in [0, 0.1) is 13.8 Å². The SMILES string of the molecule is Cc1cc(C(C)NC(C)C2CCCO2)c(C)o1. The average molecular weight is 237 g/mol. The molecule has 0 aromatic carbocycles. The second-order valence-electron chi connectivity index (χ2n) is 5.10. The molecule has 1 fully saturated rings. The van der Waals surface area contributed by atoms with Crippen molar-refractivity contribution in [1.82, 2.24) is 5.32 Å². The number of furan rings is 1. The number of hydrogen-bond acceptors (Lipinski definition) is 3. The van der Waals surface area contributed by atoms with E-state index in [0.717, 1.165) is 18.1 Å². The van der Waals surface area contributed by atoms with Crippen molar-refractivity contribution in [2.75, 3.05) is 6.61 Å². The van der Waals surface area contributed by atoms with Crippen LogP contribution in [0.2, 0.25) is 0 Å². The molecule has 1 aromatic rings. The van der Waals surface area contributed by atoms with E-state index < -0.39 is 0 Å². The number of aryl methyl sites for hydroxylation is 2. The smallest absolute Gasteiger partial charge is 0.105 e. The van der Waals surface area contributed by atoms with Crippen LogP contribution in [0.15, 0.2) is 10.5 Å². The molecule has 1 aromatic heterocycles. The van der Waals surface area contributed by atoms with Crippen LogP contribution in [0.1, 0.15) is 49.8 Å². The molecule has 17 heavy (non-hydrogen) atoms. The lowest BCUT2D eigenvalue weighted by atomic mass is 10.1. The van der Waals surface area contributed by atoms with Gasteiger partial charge in [0.1, 0.15) is 11.5 Å². The second kappa shape index (κ2) is 5.23. The molecule has 0 saturated carbocycles. The summed E-state index contributed by atoms with van der Waals surface area (Å²) in [6.45, 7) is 9.32. The van der Waals surface area contributed by atoms with Gasteiger partial charge < -0.3 is 14.5 Å². The first-order valence-electron chi connectivity index (χ1n) is 6.52. The van der Waals surface area contributed by atoms with Crippen molar-refractivity contribution in [3.05, 3.63) is 23.2 Å². The summed E-state index contributed by atoms with van der Waals surface area (Å²) in [7, 11) is 0. The molecule has 0 spiro atoms. The molecule has 2 rings (SSSR count). The van der Waals surface area contributed by atoms with Crippen molar-refractivity contribution < 1.29 is 9.15 Å². The third kappa shape index (κ3) is 2.90. The molecule has 1 N–H and O–H groups in total. The van der Waals surface area contributed by atoms with Crippen LogP contribution in [-0.2, 0) is 4.74 Å². The van der Waals surface area contributed by atoms with Gasteiger partial charge in [-0.25, -0.2) is 0 Å². The fourth-order valence-corrected chi connectivity index (χ4v) is 2.67. The molecule has 1 aliphatic heterocycles. The summed E-state index contributed by atoms with van der Waals surface area (Å²) in [6.07, 6.45) is 2.73. The highest BCUT2D eigenvalue weighted by atomic mass is 16.5. The zero-order valence-electron chi connectivity index (χ0n) is 11.2. The van der Waals surface area contributed by atoms with Crippen molar-refractivity contribution in [1.29, 1.82) is 0 Å². The maximum atomic E-state index is 5.70. The standard InChI is InChI=1S/C14H23NO2/c1-9-8-13(12(4)17-9)10(2)15-11(3)14-6-5-7-16-14/h8,10-11,14-15H,5-7H2,1-4H3. The highest BCUT2D eigenvalue weighted by Gasteiger charge is 2.24. The van der Waals surface area contributed by atoms with E-state index in [0.29, 0.717) is 18.2 Å². The molecule has 3 heteroatoms.